The van der Waals surface area contributed by atoms with E-state index in [0.717, 1.165) is 34.0 Å². The lowest BCUT2D eigenvalue weighted by Gasteiger charge is -2.11. The third-order valence-electron chi connectivity index (χ3n) is 4.70. The number of aliphatic hydroxyl groups excluding tert-OH is 1. The number of nitrogens with one attached hydrogen (secondary N) is 1. The van der Waals surface area contributed by atoms with Crippen LogP contribution in [-0.2, 0) is 6.54 Å². The predicted octanol–water partition coefficient (Wildman–Crippen LogP) is 2.77. The van der Waals surface area contributed by atoms with Gasteiger partial charge in [0.15, 0.2) is 23.0 Å². The van der Waals surface area contributed by atoms with Crippen molar-refractivity contribution in [3.63, 3.8) is 0 Å². The van der Waals surface area contributed by atoms with Crippen molar-refractivity contribution in [3.8, 4) is 11.5 Å². The number of fused-ring (bicyclic) bond motifs is 2. The Morgan fingerprint density at radius 3 is 3.04 bits per heavy atom. The highest BCUT2D eigenvalue weighted by Gasteiger charge is 2.15. The summed E-state index contributed by atoms with van der Waals surface area (Å²) in [6.45, 7) is 0.867. The Bertz CT molecular complexity index is 1070. The van der Waals surface area contributed by atoms with Gasteiger partial charge in [-0.15, -0.1) is 0 Å². The highest BCUT2D eigenvalue weighted by atomic mass is 16.7. The average Bonchev–Trinajstić information content (AvgIpc) is 3.33. The number of allylic oxidation sites excluding steroid dienone is 2. The summed E-state index contributed by atoms with van der Waals surface area (Å²) < 4.78 is 12.8. The van der Waals surface area contributed by atoms with Crippen LogP contribution in [0.5, 0.6) is 11.5 Å². The Kier molecular flexibility index (Phi) is 3.79. The number of aliphatic hydroxyl groups is 1. The molecule has 0 spiro atoms. The van der Waals surface area contributed by atoms with Crippen molar-refractivity contribution < 1.29 is 14.6 Å². The van der Waals surface area contributed by atoms with Crippen molar-refractivity contribution >= 4 is 17.0 Å². The number of imidazole rings is 1. The second-order valence-corrected chi connectivity index (χ2v) is 6.48. The van der Waals surface area contributed by atoms with E-state index in [1.165, 1.54) is 0 Å². The third kappa shape index (κ3) is 2.92. The predicted molar refractivity (Wildman–Crippen MR) is 101 cm³/mol. The van der Waals surface area contributed by atoms with Crippen molar-refractivity contribution in [1.29, 1.82) is 0 Å². The molecule has 7 nitrogen and oxygen atoms in total. The van der Waals surface area contributed by atoms with Crippen LogP contribution in [0.1, 0.15) is 17.7 Å². The second kappa shape index (κ2) is 6.44. The van der Waals surface area contributed by atoms with Gasteiger partial charge in [-0.2, -0.15) is 0 Å². The van der Waals surface area contributed by atoms with Crippen molar-refractivity contribution in [1.82, 2.24) is 14.4 Å². The van der Waals surface area contributed by atoms with Crippen LogP contribution in [0.2, 0.25) is 0 Å². The molecule has 3 aromatic rings. The summed E-state index contributed by atoms with van der Waals surface area (Å²) in [5.41, 5.74) is 3.85. The summed E-state index contributed by atoms with van der Waals surface area (Å²) >= 11 is 0. The average molecular weight is 362 g/mol. The molecule has 0 saturated heterocycles. The maximum atomic E-state index is 9.63. The Hall–Kier alpha value is -3.32. The number of ether oxygens (including phenoxy) is 2. The molecular formula is C20H18N4O3. The first-order chi connectivity index (χ1) is 13.3. The lowest BCUT2D eigenvalue weighted by Crippen LogP contribution is -2.06. The second-order valence-electron chi connectivity index (χ2n) is 6.48. The first-order valence-electron chi connectivity index (χ1n) is 8.79. The fourth-order valence-corrected chi connectivity index (χ4v) is 3.29. The largest absolute Gasteiger partial charge is 0.454 e. The number of benzene rings is 1. The third-order valence-corrected chi connectivity index (χ3v) is 4.70. The summed E-state index contributed by atoms with van der Waals surface area (Å²) in [4.78, 5) is 8.98. The molecule has 7 heteroatoms. The van der Waals surface area contributed by atoms with Gasteiger partial charge in [0.05, 0.1) is 18.0 Å². The topological polar surface area (TPSA) is 80.9 Å². The summed E-state index contributed by atoms with van der Waals surface area (Å²) in [5.74, 6) is 2.25. The zero-order valence-electron chi connectivity index (χ0n) is 14.5. The van der Waals surface area contributed by atoms with E-state index >= 15 is 0 Å². The normalized spacial score (nSPS) is 18.0. The molecule has 5 rings (SSSR count). The molecule has 0 radical (unpaired) electrons. The first-order valence-corrected chi connectivity index (χ1v) is 8.79. The number of hydrogen-bond donors (Lipinski definition) is 2. The molecule has 0 amide bonds. The van der Waals surface area contributed by atoms with Gasteiger partial charge >= 0.3 is 0 Å². The molecule has 0 bridgehead atoms. The standard InChI is InChI=1S/C20H18N4O3/c25-15-4-2-14(3-5-15)16-11-23-20-19(21-7-8-24(16)20)22-10-13-1-6-17-18(9-13)27-12-26-17/h1-4,6-9,11,15,25H,5,10,12H2,(H,21,22). The summed E-state index contributed by atoms with van der Waals surface area (Å²) in [6, 6.07) is 5.88. The van der Waals surface area contributed by atoms with E-state index < -0.39 is 6.10 Å². The van der Waals surface area contributed by atoms with Gasteiger partial charge < -0.3 is 19.9 Å². The smallest absolute Gasteiger partial charge is 0.231 e. The SMILES string of the molecule is OC1C=CC(c2cnc3c(NCc4ccc5c(c4)OCO5)nccn23)=CC1. The molecule has 2 aromatic heterocycles. The zero-order valence-corrected chi connectivity index (χ0v) is 14.5. The summed E-state index contributed by atoms with van der Waals surface area (Å²) in [7, 11) is 0. The lowest BCUT2D eigenvalue weighted by atomic mass is 10.0. The Morgan fingerprint density at radius 2 is 2.15 bits per heavy atom. The van der Waals surface area contributed by atoms with Gasteiger partial charge in [-0.3, -0.25) is 4.40 Å². The molecule has 1 aromatic carbocycles. The maximum absolute atomic E-state index is 9.63. The van der Waals surface area contributed by atoms with Crippen LogP contribution in [0, 0.1) is 0 Å². The fraction of sp³-hybridized carbons (Fsp3) is 0.200. The van der Waals surface area contributed by atoms with Crippen LogP contribution in [0.4, 0.5) is 5.82 Å². The van der Waals surface area contributed by atoms with Crippen molar-refractivity contribution in [2.24, 2.45) is 0 Å². The van der Waals surface area contributed by atoms with Crippen molar-refractivity contribution in [3.05, 3.63) is 66.3 Å². The molecule has 27 heavy (non-hydrogen) atoms. The molecule has 136 valence electrons. The number of aromatic nitrogens is 3. The molecule has 0 saturated carbocycles. The molecule has 1 aliphatic carbocycles. The molecule has 1 atom stereocenters. The number of hydrogen-bond acceptors (Lipinski definition) is 6. The summed E-state index contributed by atoms with van der Waals surface area (Å²) in [6.07, 6.45) is 11.4. The van der Waals surface area contributed by atoms with Crippen LogP contribution >= 0.6 is 0 Å². The van der Waals surface area contributed by atoms with Gasteiger partial charge in [-0.1, -0.05) is 24.3 Å². The van der Waals surface area contributed by atoms with Gasteiger partial charge in [0, 0.05) is 18.9 Å². The molecule has 2 aliphatic rings. The zero-order chi connectivity index (χ0) is 18.2. The molecule has 0 fully saturated rings. The van der Waals surface area contributed by atoms with Crippen LogP contribution in [-0.4, -0.2) is 32.4 Å². The fourth-order valence-electron chi connectivity index (χ4n) is 3.29. The van der Waals surface area contributed by atoms with Gasteiger partial charge in [0.25, 0.3) is 0 Å². The first kappa shape index (κ1) is 15.9. The van der Waals surface area contributed by atoms with Crippen LogP contribution < -0.4 is 14.8 Å². The minimum atomic E-state index is -0.409. The van der Waals surface area contributed by atoms with E-state index in [4.69, 9.17) is 9.47 Å². The van der Waals surface area contributed by atoms with Gasteiger partial charge in [0.2, 0.25) is 6.79 Å². The van der Waals surface area contributed by atoms with E-state index in [1.54, 1.807) is 12.3 Å². The van der Waals surface area contributed by atoms with E-state index in [9.17, 15) is 5.11 Å². The number of anilines is 1. The Morgan fingerprint density at radius 1 is 1.22 bits per heavy atom. The Balaban J connectivity index is 1.40. The monoisotopic (exact) mass is 362 g/mol. The van der Waals surface area contributed by atoms with Gasteiger partial charge in [0.1, 0.15) is 0 Å². The van der Waals surface area contributed by atoms with E-state index in [2.05, 4.69) is 15.3 Å². The minimum absolute atomic E-state index is 0.269. The maximum Gasteiger partial charge on any atom is 0.231 e. The van der Waals surface area contributed by atoms with Crippen LogP contribution in [0.3, 0.4) is 0 Å². The van der Waals surface area contributed by atoms with Crippen LogP contribution in [0.15, 0.2) is 55.0 Å². The summed E-state index contributed by atoms with van der Waals surface area (Å²) in [5, 5.41) is 13.0. The molecular weight excluding hydrogens is 344 g/mol. The molecule has 2 N–H and O–H groups in total. The van der Waals surface area contributed by atoms with Crippen molar-refractivity contribution in [2.45, 2.75) is 19.1 Å². The highest BCUT2D eigenvalue weighted by Crippen LogP contribution is 2.32. The minimum Gasteiger partial charge on any atom is -0.454 e. The van der Waals surface area contributed by atoms with E-state index in [1.807, 2.05) is 47.1 Å². The lowest BCUT2D eigenvalue weighted by molar-refractivity contribution is 0.174. The quantitative estimate of drug-likeness (QED) is 0.743. The molecule has 1 aliphatic heterocycles. The van der Waals surface area contributed by atoms with Gasteiger partial charge in [-0.05, 0) is 29.7 Å². The molecule has 1 unspecified atom stereocenters. The van der Waals surface area contributed by atoms with Gasteiger partial charge in [-0.25, -0.2) is 9.97 Å². The van der Waals surface area contributed by atoms with Crippen LogP contribution in [0.25, 0.3) is 11.2 Å². The molecule has 3 heterocycles. The highest BCUT2D eigenvalue weighted by molar-refractivity contribution is 5.76. The number of rotatable bonds is 4. The van der Waals surface area contributed by atoms with E-state index in [0.29, 0.717) is 18.8 Å². The van der Waals surface area contributed by atoms with Crippen molar-refractivity contribution in [2.75, 3.05) is 12.1 Å². The number of nitrogens with zero attached hydrogens (tertiary/aromatic N) is 3. The van der Waals surface area contributed by atoms with E-state index in [-0.39, 0.29) is 6.79 Å². The Labute approximate surface area is 155 Å².